The fourth-order valence-corrected chi connectivity index (χ4v) is 1.99. The van der Waals surface area contributed by atoms with Crippen molar-refractivity contribution in [2.45, 2.75) is 19.9 Å². The van der Waals surface area contributed by atoms with E-state index in [9.17, 15) is 4.79 Å². The van der Waals surface area contributed by atoms with Crippen molar-refractivity contribution in [1.29, 1.82) is 0 Å². The Labute approximate surface area is 130 Å². The first-order chi connectivity index (χ1) is 10.8. The highest BCUT2D eigenvalue weighted by Crippen LogP contribution is 2.23. The summed E-state index contributed by atoms with van der Waals surface area (Å²) < 4.78 is 5.48. The second-order valence-corrected chi connectivity index (χ2v) is 4.73. The molecule has 2 aromatic rings. The Bertz CT molecular complexity index is 587. The number of amides is 1. The first kappa shape index (κ1) is 16.0. The van der Waals surface area contributed by atoms with Gasteiger partial charge in [0.05, 0.1) is 18.0 Å². The van der Waals surface area contributed by atoms with Gasteiger partial charge in [-0.25, -0.2) is 0 Å². The molecule has 5 nitrogen and oxygen atoms in total. The van der Waals surface area contributed by atoms with Crippen LogP contribution < -0.4 is 15.4 Å². The number of hydrogen-bond acceptors (Lipinski definition) is 4. The third-order valence-corrected chi connectivity index (χ3v) is 3.02. The van der Waals surface area contributed by atoms with Gasteiger partial charge in [-0.15, -0.1) is 0 Å². The summed E-state index contributed by atoms with van der Waals surface area (Å²) in [5.74, 6) is 0.653. The predicted octanol–water partition coefficient (Wildman–Crippen LogP) is 2.60. The first-order valence-electron chi connectivity index (χ1n) is 7.42. The van der Waals surface area contributed by atoms with Crippen LogP contribution in [0.4, 0.5) is 5.69 Å². The molecular formula is C17H21N3O2. The van der Waals surface area contributed by atoms with Crippen molar-refractivity contribution in [3.8, 4) is 5.75 Å². The number of aromatic nitrogens is 1. The highest BCUT2D eigenvalue weighted by Gasteiger charge is 2.06. The molecule has 5 heteroatoms. The molecule has 0 bridgehead atoms. The Balaban J connectivity index is 1.74. The molecule has 116 valence electrons. The maximum absolute atomic E-state index is 12.0. The van der Waals surface area contributed by atoms with Crippen molar-refractivity contribution in [2.75, 3.05) is 18.5 Å². The lowest BCUT2D eigenvalue weighted by molar-refractivity contribution is -0.116. The van der Waals surface area contributed by atoms with Crippen LogP contribution in [-0.2, 0) is 11.3 Å². The van der Waals surface area contributed by atoms with Crippen molar-refractivity contribution < 1.29 is 9.53 Å². The van der Waals surface area contributed by atoms with Crippen LogP contribution in [0.3, 0.4) is 0 Å². The number of nitrogens with zero attached hydrogens (tertiary/aromatic N) is 1. The van der Waals surface area contributed by atoms with Crippen molar-refractivity contribution in [2.24, 2.45) is 0 Å². The van der Waals surface area contributed by atoms with Gasteiger partial charge in [0.15, 0.2) is 0 Å². The molecule has 0 aliphatic heterocycles. The van der Waals surface area contributed by atoms with E-state index in [1.165, 1.54) is 0 Å². The minimum atomic E-state index is -0.0410. The summed E-state index contributed by atoms with van der Waals surface area (Å²) in [6.07, 6.45) is 2.15. The maximum atomic E-state index is 12.0. The average Bonchev–Trinajstić information content (AvgIpc) is 2.55. The van der Waals surface area contributed by atoms with Crippen LogP contribution in [-0.4, -0.2) is 24.0 Å². The number of carbonyl (C=O) groups is 1. The summed E-state index contributed by atoms with van der Waals surface area (Å²) in [6, 6.07) is 13.2. The lowest BCUT2D eigenvalue weighted by Gasteiger charge is -2.11. The molecule has 0 saturated heterocycles. The molecule has 0 aliphatic carbocycles. The molecule has 0 radical (unpaired) electrons. The number of benzene rings is 1. The summed E-state index contributed by atoms with van der Waals surface area (Å²) in [5, 5.41) is 6.08. The Kier molecular flexibility index (Phi) is 6.39. The van der Waals surface area contributed by atoms with Gasteiger partial charge < -0.3 is 15.4 Å². The number of ether oxygens (including phenoxy) is 1. The molecule has 1 aromatic heterocycles. The largest absolute Gasteiger partial charge is 0.492 e. The standard InChI is InChI=1S/C17H21N3O2/c1-2-22-16-9-4-3-8-15(16)20-17(21)10-12-18-13-14-7-5-6-11-19-14/h3-9,11,18H,2,10,12-13H2,1H3,(H,20,21). The molecule has 1 amide bonds. The van der Waals surface area contributed by atoms with Gasteiger partial charge in [-0.1, -0.05) is 18.2 Å². The van der Waals surface area contributed by atoms with Crippen LogP contribution in [0.25, 0.3) is 0 Å². The fraction of sp³-hybridized carbons (Fsp3) is 0.294. The van der Waals surface area contributed by atoms with Crippen LogP contribution in [0.1, 0.15) is 19.0 Å². The van der Waals surface area contributed by atoms with Crippen molar-refractivity contribution >= 4 is 11.6 Å². The average molecular weight is 299 g/mol. The van der Waals surface area contributed by atoms with E-state index in [4.69, 9.17) is 4.74 Å². The molecule has 0 spiro atoms. The summed E-state index contributed by atoms with van der Waals surface area (Å²) in [4.78, 5) is 16.2. The molecule has 2 N–H and O–H groups in total. The minimum Gasteiger partial charge on any atom is -0.492 e. The molecule has 2 rings (SSSR count). The summed E-state index contributed by atoms with van der Waals surface area (Å²) in [7, 11) is 0. The predicted molar refractivity (Wildman–Crippen MR) is 86.8 cm³/mol. The molecule has 0 aliphatic rings. The van der Waals surface area contributed by atoms with E-state index in [1.807, 2.05) is 49.4 Å². The van der Waals surface area contributed by atoms with Crippen molar-refractivity contribution in [1.82, 2.24) is 10.3 Å². The van der Waals surface area contributed by atoms with Crippen LogP contribution in [0.15, 0.2) is 48.7 Å². The van der Waals surface area contributed by atoms with Gasteiger partial charge >= 0.3 is 0 Å². The van der Waals surface area contributed by atoms with Crippen LogP contribution >= 0.6 is 0 Å². The van der Waals surface area contributed by atoms with Gasteiger partial charge in [0, 0.05) is 25.7 Å². The van der Waals surface area contributed by atoms with Crippen LogP contribution in [0, 0.1) is 0 Å². The number of pyridine rings is 1. The Morgan fingerprint density at radius 3 is 2.77 bits per heavy atom. The second kappa shape index (κ2) is 8.79. The quantitative estimate of drug-likeness (QED) is 0.735. The third-order valence-electron chi connectivity index (χ3n) is 3.02. The second-order valence-electron chi connectivity index (χ2n) is 4.73. The van der Waals surface area contributed by atoms with Crippen molar-refractivity contribution in [3.05, 3.63) is 54.4 Å². The molecule has 1 heterocycles. The monoisotopic (exact) mass is 299 g/mol. The molecule has 1 aromatic carbocycles. The highest BCUT2D eigenvalue weighted by molar-refractivity contribution is 5.92. The normalized spacial score (nSPS) is 10.2. The van der Waals surface area contributed by atoms with Crippen LogP contribution in [0.2, 0.25) is 0 Å². The molecule has 0 atom stereocenters. The summed E-state index contributed by atoms with van der Waals surface area (Å²) in [6.45, 7) is 3.74. The van der Waals surface area contributed by atoms with E-state index < -0.39 is 0 Å². The first-order valence-corrected chi connectivity index (χ1v) is 7.42. The number of rotatable bonds is 8. The molecule has 0 unspecified atom stereocenters. The topological polar surface area (TPSA) is 63.2 Å². The van der Waals surface area contributed by atoms with Gasteiger partial charge in [-0.2, -0.15) is 0 Å². The highest BCUT2D eigenvalue weighted by atomic mass is 16.5. The minimum absolute atomic E-state index is 0.0410. The van der Waals surface area contributed by atoms with Gasteiger partial charge in [0.25, 0.3) is 0 Å². The van der Waals surface area contributed by atoms with Gasteiger partial charge in [0.1, 0.15) is 5.75 Å². The van der Waals surface area contributed by atoms with Gasteiger partial charge in [-0.3, -0.25) is 9.78 Å². The Hall–Kier alpha value is -2.40. The zero-order valence-electron chi connectivity index (χ0n) is 12.7. The third kappa shape index (κ3) is 5.18. The van der Waals surface area contributed by atoms with E-state index in [0.29, 0.717) is 37.6 Å². The zero-order valence-corrected chi connectivity index (χ0v) is 12.7. The number of para-hydroxylation sites is 2. The number of hydrogen-bond donors (Lipinski definition) is 2. The number of anilines is 1. The van der Waals surface area contributed by atoms with E-state index >= 15 is 0 Å². The Morgan fingerprint density at radius 1 is 1.18 bits per heavy atom. The van der Waals surface area contributed by atoms with E-state index in [2.05, 4.69) is 15.6 Å². The van der Waals surface area contributed by atoms with Gasteiger partial charge in [-0.05, 0) is 31.2 Å². The molecule has 0 fully saturated rings. The number of nitrogens with one attached hydrogen (secondary N) is 2. The van der Waals surface area contributed by atoms with Crippen molar-refractivity contribution in [3.63, 3.8) is 0 Å². The van der Waals surface area contributed by atoms with E-state index in [0.717, 1.165) is 5.69 Å². The maximum Gasteiger partial charge on any atom is 0.225 e. The van der Waals surface area contributed by atoms with Gasteiger partial charge in [0.2, 0.25) is 5.91 Å². The lowest BCUT2D eigenvalue weighted by atomic mass is 10.2. The zero-order chi connectivity index (χ0) is 15.6. The van der Waals surface area contributed by atoms with E-state index in [1.54, 1.807) is 6.20 Å². The SMILES string of the molecule is CCOc1ccccc1NC(=O)CCNCc1ccccn1. The van der Waals surface area contributed by atoms with Crippen LogP contribution in [0.5, 0.6) is 5.75 Å². The Morgan fingerprint density at radius 2 is 2.00 bits per heavy atom. The summed E-state index contributed by atoms with van der Waals surface area (Å²) >= 11 is 0. The molecular weight excluding hydrogens is 278 g/mol. The lowest BCUT2D eigenvalue weighted by Crippen LogP contribution is -2.22. The smallest absolute Gasteiger partial charge is 0.225 e. The van der Waals surface area contributed by atoms with E-state index in [-0.39, 0.29) is 5.91 Å². The molecule has 0 saturated carbocycles. The fourth-order valence-electron chi connectivity index (χ4n) is 1.99. The number of carbonyl (C=O) groups excluding carboxylic acids is 1. The molecule has 22 heavy (non-hydrogen) atoms. The summed E-state index contributed by atoms with van der Waals surface area (Å²) in [5.41, 5.74) is 1.67.